The Labute approximate surface area is 118 Å². The van der Waals surface area contributed by atoms with E-state index in [0.29, 0.717) is 11.3 Å². The number of hydrogen-bond donors (Lipinski definition) is 1. The molecule has 1 aromatic heterocycles. The van der Waals surface area contributed by atoms with E-state index in [1.807, 2.05) is 0 Å². The third-order valence-corrected chi connectivity index (χ3v) is 3.05. The number of aromatic carboxylic acids is 1. The summed E-state index contributed by atoms with van der Waals surface area (Å²) in [6.07, 6.45) is 0. The van der Waals surface area contributed by atoms with Crippen LogP contribution < -0.4 is 4.74 Å². The Balaban J connectivity index is 2.18. The Morgan fingerprint density at radius 3 is 2.81 bits per heavy atom. The highest BCUT2D eigenvalue weighted by molar-refractivity contribution is 6.00. The zero-order valence-corrected chi connectivity index (χ0v) is 11.0. The highest BCUT2D eigenvalue weighted by Gasteiger charge is 2.17. The number of fused-ring (bicyclic) bond motifs is 1. The zero-order chi connectivity index (χ0) is 15.0. The van der Waals surface area contributed by atoms with E-state index in [4.69, 9.17) is 14.3 Å². The van der Waals surface area contributed by atoms with Crippen molar-refractivity contribution in [3.63, 3.8) is 0 Å². The lowest BCUT2D eigenvalue weighted by Gasteiger charge is -2.02. The molecule has 106 valence electrons. The van der Waals surface area contributed by atoms with Crippen LogP contribution in [0.3, 0.4) is 0 Å². The molecule has 3 rings (SSSR count). The van der Waals surface area contributed by atoms with Gasteiger partial charge in [-0.3, -0.25) is 0 Å². The van der Waals surface area contributed by atoms with Gasteiger partial charge in [0.15, 0.2) is 5.58 Å². The van der Waals surface area contributed by atoms with E-state index >= 15 is 0 Å². The summed E-state index contributed by atoms with van der Waals surface area (Å²) < 4.78 is 24.4. The quantitative estimate of drug-likeness (QED) is 0.799. The Hall–Kier alpha value is -2.89. The minimum absolute atomic E-state index is 0.0137. The van der Waals surface area contributed by atoms with Crippen molar-refractivity contribution in [3.05, 3.63) is 47.8 Å². The second-order valence-electron chi connectivity index (χ2n) is 4.32. The van der Waals surface area contributed by atoms with Crippen molar-refractivity contribution >= 4 is 17.1 Å². The monoisotopic (exact) mass is 287 g/mol. The normalized spacial score (nSPS) is 10.8. The lowest BCUT2D eigenvalue weighted by Crippen LogP contribution is -1.95. The summed E-state index contributed by atoms with van der Waals surface area (Å²) in [5.74, 6) is -1.28. The molecule has 0 aliphatic heterocycles. The number of oxazole rings is 1. The number of carboxylic acid groups (broad SMARTS) is 1. The first-order valence-electron chi connectivity index (χ1n) is 6.07. The maximum atomic E-state index is 14.0. The molecular weight excluding hydrogens is 277 g/mol. The molecular formula is C15H10FNO4. The van der Waals surface area contributed by atoms with Gasteiger partial charge in [0.1, 0.15) is 22.6 Å². The molecule has 5 nitrogen and oxygen atoms in total. The molecule has 0 saturated heterocycles. The lowest BCUT2D eigenvalue weighted by molar-refractivity contribution is 0.0698. The third-order valence-electron chi connectivity index (χ3n) is 3.05. The van der Waals surface area contributed by atoms with Crippen molar-refractivity contribution in [1.82, 2.24) is 4.98 Å². The van der Waals surface area contributed by atoms with E-state index in [1.54, 1.807) is 18.2 Å². The van der Waals surface area contributed by atoms with Crippen LogP contribution in [0.4, 0.5) is 4.39 Å². The Morgan fingerprint density at radius 2 is 2.14 bits per heavy atom. The van der Waals surface area contributed by atoms with Crippen LogP contribution in [0.2, 0.25) is 0 Å². The van der Waals surface area contributed by atoms with Gasteiger partial charge in [-0.25, -0.2) is 14.2 Å². The molecule has 0 bridgehead atoms. The fourth-order valence-corrected chi connectivity index (χ4v) is 2.03. The van der Waals surface area contributed by atoms with Crippen LogP contribution in [0.25, 0.3) is 22.6 Å². The van der Waals surface area contributed by atoms with Crippen molar-refractivity contribution in [2.24, 2.45) is 0 Å². The highest BCUT2D eigenvalue weighted by atomic mass is 19.1. The van der Waals surface area contributed by atoms with Crippen molar-refractivity contribution in [2.75, 3.05) is 7.11 Å². The summed E-state index contributed by atoms with van der Waals surface area (Å²) in [6.45, 7) is 0. The minimum Gasteiger partial charge on any atom is -0.497 e. The number of carboxylic acids is 1. The lowest BCUT2D eigenvalue weighted by atomic mass is 10.2. The number of halogens is 1. The van der Waals surface area contributed by atoms with E-state index < -0.39 is 11.8 Å². The van der Waals surface area contributed by atoms with Gasteiger partial charge in [0.05, 0.1) is 12.7 Å². The summed E-state index contributed by atoms with van der Waals surface area (Å²) in [7, 11) is 1.44. The predicted octanol–water partition coefficient (Wildman–Crippen LogP) is 3.34. The van der Waals surface area contributed by atoms with Gasteiger partial charge in [-0.2, -0.15) is 0 Å². The summed E-state index contributed by atoms with van der Waals surface area (Å²) in [5.41, 5.74) is 0.610. The SMILES string of the molecule is COc1ccc(-c2nc3cccc(C(=O)O)c3o2)c(F)c1. The van der Waals surface area contributed by atoms with Gasteiger partial charge in [-0.05, 0) is 24.3 Å². The van der Waals surface area contributed by atoms with E-state index in [-0.39, 0.29) is 22.6 Å². The zero-order valence-electron chi connectivity index (χ0n) is 11.0. The molecule has 0 amide bonds. The van der Waals surface area contributed by atoms with Gasteiger partial charge in [0, 0.05) is 6.07 Å². The van der Waals surface area contributed by atoms with Crippen molar-refractivity contribution in [2.45, 2.75) is 0 Å². The van der Waals surface area contributed by atoms with Gasteiger partial charge in [-0.15, -0.1) is 0 Å². The van der Waals surface area contributed by atoms with Crippen LogP contribution in [0, 0.1) is 5.82 Å². The van der Waals surface area contributed by atoms with Crippen LogP contribution in [0.5, 0.6) is 5.75 Å². The number of hydrogen-bond acceptors (Lipinski definition) is 4. The van der Waals surface area contributed by atoms with Gasteiger partial charge in [0.2, 0.25) is 5.89 Å². The number of benzene rings is 2. The van der Waals surface area contributed by atoms with Gasteiger partial charge >= 0.3 is 5.97 Å². The number of para-hydroxylation sites is 1. The maximum absolute atomic E-state index is 14.0. The Kier molecular flexibility index (Phi) is 3.06. The molecule has 0 aliphatic carbocycles. The molecule has 6 heteroatoms. The van der Waals surface area contributed by atoms with Crippen molar-refractivity contribution < 1.29 is 23.4 Å². The molecule has 0 saturated carbocycles. The summed E-state index contributed by atoms with van der Waals surface area (Å²) >= 11 is 0. The molecule has 21 heavy (non-hydrogen) atoms. The fraction of sp³-hybridized carbons (Fsp3) is 0.0667. The van der Waals surface area contributed by atoms with Crippen molar-refractivity contribution in [1.29, 1.82) is 0 Å². The molecule has 2 aromatic carbocycles. The van der Waals surface area contributed by atoms with Gasteiger partial charge < -0.3 is 14.3 Å². The number of carbonyl (C=O) groups is 1. The smallest absolute Gasteiger partial charge is 0.339 e. The van der Waals surface area contributed by atoms with Crippen LogP contribution in [0.15, 0.2) is 40.8 Å². The molecule has 0 unspecified atom stereocenters. The standard InChI is InChI=1S/C15H10FNO4/c1-20-8-5-6-9(11(16)7-8)14-17-12-4-2-3-10(15(18)19)13(12)21-14/h2-7H,1H3,(H,18,19). The van der Waals surface area contributed by atoms with E-state index in [1.165, 1.54) is 25.3 Å². The molecule has 1 heterocycles. The second kappa shape index (κ2) is 4.90. The first-order valence-corrected chi connectivity index (χ1v) is 6.07. The first kappa shape index (κ1) is 13.1. The van der Waals surface area contributed by atoms with Crippen molar-refractivity contribution in [3.8, 4) is 17.2 Å². The fourth-order valence-electron chi connectivity index (χ4n) is 2.03. The first-order chi connectivity index (χ1) is 10.1. The van der Waals surface area contributed by atoms with Crippen LogP contribution in [-0.4, -0.2) is 23.2 Å². The summed E-state index contributed by atoms with van der Waals surface area (Å²) in [5, 5.41) is 9.11. The second-order valence-corrected chi connectivity index (χ2v) is 4.32. The van der Waals surface area contributed by atoms with Crippen LogP contribution >= 0.6 is 0 Å². The Morgan fingerprint density at radius 1 is 1.33 bits per heavy atom. The minimum atomic E-state index is -1.13. The molecule has 0 aliphatic rings. The van der Waals surface area contributed by atoms with E-state index in [9.17, 15) is 9.18 Å². The number of methoxy groups -OCH3 is 1. The number of rotatable bonds is 3. The molecule has 0 radical (unpaired) electrons. The van der Waals surface area contributed by atoms with Gasteiger partial charge in [-0.1, -0.05) is 6.07 Å². The molecule has 3 aromatic rings. The number of ether oxygens (including phenoxy) is 1. The molecule has 0 atom stereocenters. The number of aromatic nitrogens is 1. The number of nitrogens with zero attached hydrogens (tertiary/aromatic N) is 1. The largest absolute Gasteiger partial charge is 0.497 e. The highest BCUT2D eigenvalue weighted by Crippen LogP contribution is 2.30. The summed E-state index contributed by atoms with van der Waals surface area (Å²) in [6, 6.07) is 8.83. The van der Waals surface area contributed by atoms with E-state index in [0.717, 1.165) is 0 Å². The van der Waals surface area contributed by atoms with Crippen LogP contribution in [0.1, 0.15) is 10.4 Å². The average Bonchev–Trinajstić information content (AvgIpc) is 2.90. The topological polar surface area (TPSA) is 72.6 Å². The maximum Gasteiger partial charge on any atom is 0.339 e. The average molecular weight is 287 g/mol. The van der Waals surface area contributed by atoms with Crippen LogP contribution in [-0.2, 0) is 0 Å². The molecule has 1 N–H and O–H groups in total. The predicted molar refractivity (Wildman–Crippen MR) is 72.9 cm³/mol. The third kappa shape index (κ3) is 2.20. The van der Waals surface area contributed by atoms with Gasteiger partial charge in [0.25, 0.3) is 0 Å². The molecule has 0 fully saturated rings. The molecule has 0 spiro atoms. The van der Waals surface area contributed by atoms with E-state index in [2.05, 4.69) is 4.98 Å². The Bertz CT molecular complexity index is 841. The summed E-state index contributed by atoms with van der Waals surface area (Å²) in [4.78, 5) is 15.3.